The predicted molar refractivity (Wildman–Crippen MR) is 81.8 cm³/mol. The molecule has 0 bridgehead atoms. The molecule has 0 saturated carbocycles. The van der Waals surface area contributed by atoms with Crippen molar-refractivity contribution >= 4 is 0 Å². The van der Waals surface area contributed by atoms with Crippen LogP contribution in [0.15, 0.2) is 18.2 Å². The van der Waals surface area contributed by atoms with Gasteiger partial charge < -0.3 is 15.0 Å². The molecule has 4 heteroatoms. The quantitative estimate of drug-likeness (QED) is 0.752. The van der Waals surface area contributed by atoms with Crippen molar-refractivity contribution in [1.29, 1.82) is 0 Å². The first-order valence-corrected chi connectivity index (χ1v) is 7.50. The van der Waals surface area contributed by atoms with Crippen molar-refractivity contribution in [1.82, 2.24) is 10.2 Å². The van der Waals surface area contributed by atoms with Gasteiger partial charge >= 0.3 is 0 Å². The number of ether oxygens (including phenoxy) is 1. The van der Waals surface area contributed by atoms with Crippen molar-refractivity contribution in [3.05, 3.63) is 29.6 Å². The second kappa shape index (κ2) is 8.93. The minimum absolute atomic E-state index is 0.157. The van der Waals surface area contributed by atoms with Crippen LogP contribution in [-0.4, -0.2) is 37.7 Å². The van der Waals surface area contributed by atoms with Crippen LogP contribution in [-0.2, 0) is 0 Å². The van der Waals surface area contributed by atoms with Crippen LogP contribution in [0.5, 0.6) is 5.75 Å². The minimum atomic E-state index is -0.254. The SMILES string of the molecule is CCNC(C)c1ccc(F)cc1OCCN(CC)CC. The fourth-order valence-corrected chi connectivity index (χ4v) is 2.23. The molecule has 0 saturated heterocycles. The van der Waals surface area contributed by atoms with Gasteiger partial charge in [0.2, 0.25) is 0 Å². The van der Waals surface area contributed by atoms with Crippen molar-refractivity contribution in [2.24, 2.45) is 0 Å². The summed E-state index contributed by atoms with van der Waals surface area (Å²) < 4.78 is 19.2. The van der Waals surface area contributed by atoms with Gasteiger partial charge in [-0.05, 0) is 32.6 Å². The lowest BCUT2D eigenvalue weighted by Gasteiger charge is -2.21. The maximum absolute atomic E-state index is 13.4. The zero-order valence-corrected chi connectivity index (χ0v) is 13.1. The van der Waals surface area contributed by atoms with Crippen LogP contribution in [0.4, 0.5) is 4.39 Å². The van der Waals surface area contributed by atoms with Gasteiger partial charge in [0.15, 0.2) is 0 Å². The summed E-state index contributed by atoms with van der Waals surface area (Å²) in [6.07, 6.45) is 0. The van der Waals surface area contributed by atoms with Crippen molar-refractivity contribution < 1.29 is 9.13 Å². The highest BCUT2D eigenvalue weighted by Gasteiger charge is 2.12. The Morgan fingerprint density at radius 3 is 2.55 bits per heavy atom. The van der Waals surface area contributed by atoms with E-state index in [0.29, 0.717) is 12.4 Å². The highest BCUT2D eigenvalue weighted by Crippen LogP contribution is 2.26. The smallest absolute Gasteiger partial charge is 0.127 e. The van der Waals surface area contributed by atoms with E-state index < -0.39 is 0 Å². The highest BCUT2D eigenvalue weighted by atomic mass is 19.1. The zero-order valence-electron chi connectivity index (χ0n) is 13.1. The molecule has 0 aliphatic carbocycles. The van der Waals surface area contributed by atoms with Gasteiger partial charge in [0.05, 0.1) is 0 Å². The molecule has 0 spiro atoms. The van der Waals surface area contributed by atoms with Crippen LogP contribution < -0.4 is 10.1 Å². The summed E-state index contributed by atoms with van der Waals surface area (Å²) in [5, 5.41) is 3.33. The molecule has 0 aliphatic heterocycles. The second-order valence-electron chi connectivity index (χ2n) is 4.84. The van der Waals surface area contributed by atoms with Gasteiger partial charge in [-0.1, -0.05) is 26.8 Å². The van der Waals surface area contributed by atoms with Crippen LogP contribution in [0.2, 0.25) is 0 Å². The molecule has 1 aromatic rings. The molecule has 1 rings (SSSR count). The lowest BCUT2D eigenvalue weighted by Crippen LogP contribution is -2.28. The highest BCUT2D eigenvalue weighted by molar-refractivity contribution is 5.36. The molecule has 20 heavy (non-hydrogen) atoms. The number of likely N-dealkylation sites (N-methyl/N-ethyl adjacent to an activating group) is 1. The van der Waals surface area contributed by atoms with Crippen molar-refractivity contribution in [3.8, 4) is 5.75 Å². The normalized spacial score (nSPS) is 12.7. The zero-order chi connectivity index (χ0) is 15.0. The van der Waals surface area contributed by atoms with Gasteiger partial charge in [-0.25, -0.2) is 4.39 Å². The summed E-state index contributed by atoms with van der Waals surface area (Å²) >= 11 is 0. The lowest BCUT2D eigenvalue weighted by molar-refractivity contribution is 0.220. The second-order valence-corrected chi connectivity index (χ2v) is 4.84. The first kappa shape index (κ1) is 16.9. The molecule has 1 N–H and O–H groups in total. The molecular weight excluding hydrogens is 255 g/mol. The number of halogens is 1. The molecule has 0 aromatic heterocycles. The monoisotopic (exact) mass is 282 g/mol. The first-order chi connectivity index (χ1) is 9.62. The molecule has 0 fully saturated rings. The Bertz CT molecular complexity index is 394. The van der Waals surface area contributed by atoms with E-state index in [1.54, 1.807) is 6.07 Å². The largest absolute Gasteiger partial charge is 0.492 e. The number of nitrogens with one attached hydrogen (secondary N) is 1. The predicted octanol–water partition coefficient (Wildman–Crippen LogP) is 3.22. The van der Waals surface area contributed by atoms with E-state index in [0.717, 1.165) is 31.7 Å². The van der Waals surface area contributed by atoms with E-state index >= 15 is 0 Å². The van der Waals surface area contributed by atoms with Gasteiger partial charge in [0.1, 0.15) is 18.2 Å². The van der Waals surface area contributed by atoms with E-state index in [1.165, 1.54) is 12.1 Å². The Balaban J connectivity index is 2.69. The molecule has 0 heterocycles. The number of nitrogens with zero attached hydrogens (tertiary/aromatic N) is 1. The maximum Gasteiger partial charge on any atom is 0.127 e. The third kappa shape index (κ3) is 5.10. The Labute approximate surface area is 122 Å². The fraction of sp³-hybridized carbons (Fsp3) is 0.625. The molecule has 1 aromatic carbocycles. The van der Waals surface area contributed by atoms with Gasteiger partial charge in [-0.15, -0.1) is 0 Å². The molecule has 3 nitrogen and oxygen atoms in total. The summed E-state index contributed by atoms with van der Waals surface area (Å²) in [6.45, 7) is 12.7. The van der Waals surface area contributed by atoms with E-state index in [4.69, 9.17) is 4.74 Å². The van der Waals surface area contributed by atoms with Gasteiger partial charge in [0, 0.05) is 24.2 Å². The van der Waals surface area contributed by atoms with E-state index in [2.05, 4.69) is 37.9 Å². The number of hydrogen-bond donors (Lipinski definition) is 1. The van der Waals surface area contributed by atoms with Crippen LogP contribution in [0.1, 0.15) is 39.3 Å². The molecule has 1 unspecified atom stereocenters. The van der Waals surface area contributed by atoms with Gasteiger partial charge in [-0.3, -0.25) is 0 Å². The summed E-state index contributed by atoms with van der Waals surface area (Å²) in [5.74, 6) is 0.390. The van der Waals surface area contributed by atoms with Gasteiger partial charge in [0.25, 0.3) is 0 Å². The molecule has 0 radical (unpaired) electrons. The topological polar surface area (TPSA) is 24.5 Å². The van der Waals surface area contributed by atoms with Crippen LogP contribution in [0.25, 0.3) is 0 Å². The number of benzene rings is 1. The average Bonchev–Trinajstić information content (AvgIpc) is 2.44. The fourth-order valence-electron chi connectivity index (χ4n) is 2.23. The Hall–Kier alpha value is -1.13. The van der Waals surface area contributed by atoms with E-state index in [-0.39, 0.29) is 11.9 Å². The average molecular weight is 282 g/mol. The van der Waals surface area contributed by atoms with Crippen molar-refractivity contribution in [2.45, 2.75) is 33.7 Å². The molecule has 1 atom stereocenters. The minimum Gasteiger partial charge on any atom is -0.492 e. The Morgan fingerprint density at radius 2 is 1.95 bits per heavy atom. The third-order valence-corrected chi connectivity index (χ3v) is 3.51. The summed E-state index contributed by atoms with van der Waals surface area (Å²) in [5.41, 5.74) is 1.01. The molecule has 0 amide bonds. The van der Waals surface area contributed by atoms with E-state index in [9.17, 15) is 4.39 Å². The summed E-state index contributed by atoms with van der Waals surface area (Å²) in [6, 6.07) is 4.92. The summed E-state index contributed by atoms with van der Waals surface area (Å²) in [7, 11) is 0. The number of hydrogen-bond acceptors (Lipinski definition) is 3. The van der Waals surface area contributed by atoms with Crippen molar-refractivity contribution in [3.63, 3.8) is 0 Å². The molecule has 0 aliphatic rings. The summed E-state index contributed by atoms with van der Waals surface area (Å²) in [4.78, 5) is 2.28. The third-order valence-electron chi connectivity index (χ3n) is 3.51. The standard InChI is InChI=1S/C16H27FN2O/c1-5-18-13(4)15-9-8-14(17)12-16(15)20-11-10-19(6-2)7-3/h8-9,12-13,18H,5-7,10-11H2,1-4H3. The lowest BCUT2D eigenvalue weighted by atomic mass is 10.1. The maximum atomic E-state index is 13.4. The van der Waals surface area contributed by atoms with Crippen molar-refractivity contribution in [2.75, 3.05) is 32.8 Å². The molecule has 114 valence electrons. The van der Waals surface area contributed by atoms with Crippen LogP contribution >= 0.6 is 0 Å². The van der Waals surface area contributed by atoms with Crippen LogP contribution in [0, 0.1) is 5.82 Å². The van der Waals surface area contributed by atoms with Gasteiger partial charge in [-0.2, -0.15) is 0 Å². The first-order valence-electron chi connectivity index (χ1n) is 7.50. The Morgan fingerprint density at radius 1 is 1.25 bits per heavy atom. The molecular formula is C16H27FN2O. The van der Waals surface area contributed by atoms with E-state index in [1.807, 2.05) is 0 Å². The number of rotatable bonds is 9. The van der Waals surface area contributed by atoms with Crippen LogP contribution in [0.3, 0.4) is 0 Å². The Kier molecular flexibility index (Phi) is 7.55.